The van der Waals surface area contributed by atoms with Crippen LogP contribution < -0.4 is 11.1 Å². The maximum atomic E-state index is 12.1. The van der Waals surface area contributed by atoms with Crippen molar-refractivity contribution in [1.29, 1.82) is 0 Å². The topological polar surface area (TPSA) is 81.4 Å². The molecule has 7 heteroatoms. The van der Waals surface area contributed by atoms with Crippen molar-refractivity contribution < 1.29 is 14.3 Å². The summed E-state index contributed by atoms with van der Waals surface area (Å²) >= 11 is 3.03. The lowest BCUT2D eigenvalue weighted by Gasteiger charge is -2.11. The van der Waals surface area contributed by atoms with Gasteiger partial charge in [-0.3, -0.25) is 4.79 Å². The molecule has 1 aromatic rings. The van der Waals surface area contributed by atoms with E-state index in [9.17, 15) is 9.59 Å². The van der Waals surface area contributed by atoms with Gasteiger partial charge in [0, 0.05) is 4.88 Å². The number of esters is 1. The predicted octanol–water partition coefficient (Wildman–Crippen LogP) is 2.51. The largest absolute Gasteiger partial charge is 0.462 e. The van der Waals surface area contributed by atoms with Crippen LogP contribution in [-0.4, -0.2) is 36.5 Å². The van der Waals surface area contributed by atoms with Crippen molar-refractivity contribution in [2.45, 2.75) is 32.7 Å². The van der Waals surface area contributed by atoms with Crippen LogP contribution in [0, 0.1) is 0 Å². The van der Waals surface area contributed by atoms with Crippen LogP contribution >= 0.6 is 23.1 Å². The minimum absolute atomic E-state index is 0.265. The number of hydrogen-bond acceptors (Lipinski definition) is 6. The van der Waals surface area contributed by atoms with Crippen molar-refractivity contribution in [1.82, 2.24) is 0 Å². The van der Waals surface area contributed by atoms with Crippen LogP contribution in [0.4, 0.5) is 5.00 Å². The average Bonchev–Trinajstić information content (AvgIpc) is 2.88. The lowest BCUT2D eigenvalue weighted by Crippen LogP contribution is -2.36. The Balaban J connectivity index is 2.83. The van der Waals surface area contributed by atoms with Gasteiger partial charge in [0.05, 0.1) is 18.2 Å². The van der Waals surface area contributed by atoms with E-state index < -0.39 is 12.0 Å². The number of nitrogens with two attached hydrogens (primary N) is 1. The predicted molar refractivity (Wildman–Crippen MR) is 89.3 cm³/mol. The quantitative estimate of drug-likeness (QED) is 0.716. The first kappa shape index (κ1) is 18.0. The van der Waals surface area contributed by atoms with E-state index in [-0.39, 0.29) is 5.91 Å². The molecule has 0 bridgehead atoms. The van der Waals surface area contributed by atoms with E-state index in [1.54, 1.807) is 24.8 Å². The fourth-order valence-corrected chi connectivity index (χ4v) is 3.13. The van der Waals surface area contributed by atoms with Gasteiger partial charge >= 0.3 is 5.97 Å². The first-order chi connectivity index (χ1) is 10.0. The third-order valence-electron chi connectivity index (χ3n) is 2.83. The van der Waals surface area contributed by atoms with Gasteiger partial charge in [-0.2, -0.15) is 11.8 Å². The third-order valence-corrected chi connectivity index (χ3v) is 4.67. The van der Waals surface area contributed by atoms with Crippen LogP contribution in [-0.2, 0) is 16.0 Å². The fraction of sp³-hybridized carbons (Fsp3) is 0.571. The molecular weight excluding hydrogens is 308 g/mol. The van der Waals surface area contributed by atoms with Gasteiger partial charge < -0.3 is 15.8 Å². The maximum absolute atomic E-state index is 12.1. The number of nitrogens with one attached hydrogen (secondary N) is 1. The number of hydrogen-bond donors (Lipinski definition) is 2. The van der Waals surface area contributed by atoms with Crippen LogP contribution in [0.5, 0.6) is 0 Å². The second-order valence-electron chi connectivity index (χ2n) is 4.41. The normalized spacial score (nSPS) is 12.0. The molecule has 1 amide bonds. The van der Waals surface area contributed by atoms with E-state index in [1.165, 1.54) is 11.3 Å². The van der Waals surface area contributed by atoms with Gasteiger partial charge in [-0.1, -0.05) is 6.92 Å². The highest BCUT2D eigenvalue weighted by Crippen LogP contribution is 2.29. The van der Waals surface area contributed by atoms with Crippen molar-refractivity contribution in [3.63, 3.8) is 0 Å². The molecule has 1 atom stereocenters. The third kappa shape index (κ3) is 5.33. The van der Waals surface area contributed by atoms with Gasteiger partial charge in [0.15, 0.2) is 0 Å². The molecule has 0 spiro atoms. The highest BCUT2D eigenvalue weighted by Gasteiger charge is 2.21. The molecule has 3 N–H and O–H groups in total. The summed E-state index contributed by atoms with van der Waals surface area (Å²) in [7, 11) is 0. The van der Waals surface area contributed by atoms with Crippen molar-refractivity contribution in [2.24, 2.45) is 5.73 Å². The standard InChI is InChI=1S/C14H22N2O3S2/c1-4-9-8-10(14(18)19-5-2)13(21-9)16-12(17)11(15)6-7-20-3/h8,11H,4-7,15H2,1-3H3,(H,16,17)/t11-/m1/s1. The van der Waals surface area contributed by atoms with E-state index >= 15 is 0 Å². The Hall–Kier alpha value is -1.05. The van der Waals surface area contributed by atoms with Gasteiger partial charge in [-0.05, 0) is 37.8 Å². The summed E-state index contributed by atoms with van der Waals surface area (Å²) < 4.78 is 5.02. The fourth-order valence-electron chi connectivity index (χ4n) is 1.65. The summed E-state index contributed by atoms with van der Waals surface area (Å²) in [5, 5.41) is 3.28. The number of anilines is 1. The zero-order valence-corrected chi connectivity index (χ0v) is 14.2. The minimum atomic E-state index is -0.570. The molecule has 118 valence electrons. The van der Waals surface area contributed by atoms with E-state index in [4.69, 9.17) is 10.5 Å². The Bertz CT molecular complexity index is 489. The van der Waals surface area contributed by atoms with Crippen LogP contribution in [0.25, 0.3) is 0 Å². The molecule has 0 unspecified atom stereocenters. The van der Waals surface area contributed by atoms with Crippen molar-refractivity contribution in [3.8, 4) is 0 Å². The van der Waals surface area contributed by atoms with E-state index in [0.29, 0.717) is 23.6 Å². The Labute approximate surface area is 133 Å². The second-order valence-corrected chi connectivity index (χ2v) is 6.53. The number of amides is 1. The molecule has 1 aromatic heterocycles. The number of thioether (sulfide) groups is 1. The molecule has 0 aliphatic carbocycles. The molecule has 0 saturated carbocycles. The first-order valence-corrected chi connectivity index (χ1v) is 9.09. The van der Waals surface area contributed by atoms with Gasteiger partial charge in [-0.25, -0.2) is 4.79 Å². The summed E-state index contributed by atoms with van der Waals surface area (Å²) in [6.45, 7) is 4.05. The second kappa shape index (κ2) is 9.07. The average molecular weight is 330 g/mol. The summed E-state index contributed by atoms with van der Waals surface area (Å²) in [6, 6.07) is 1.20. The van der Waals surface area contributed by atoms with Gasteiger partial charge in [0.25, 0.3) is 0 Å². The Morgan fingerprint density at radius 1 is 1.48 bits per heavy atom. The van der Waals surface area contributed by atoms with E-state index in [1.807, 2.05) is 13.2 Å². The zero-order chi connectivity index (χ0) is 15.8. The molecule has 0 aliphatic heterocycles. The number of rotatable bonds is 8. The summed E-state index contributed by atoms with van der Waals surface area (Å²) in [6.07, 6.45) is 3.37. The molecular formula is C14H22N2O3S2. The summed E-state index contributed by atoms with van der Waals surface area (Å²) in [5.41, 5.74) is 6.24. The molecule has 0 aliphatic rings. The minimum Gasteiger partial charge on any atom is -0.462 e. The number of aryl methyl sites for hydroxylation is 1. The molecule has 1 rings (SSSR count). The smallest absolute Gasteiger partial charge is 0.341 e. The van der Waals surface area contributed by atoms with Crippen LogP contribution in [0.2, 0.25) is 0 Å². The van der Waals surface area contributed by atoms with Crippen molar-refractivity contribution in [2.75, 3.05) is 23.9 Å². The number of thiophene rings is 1. The zero-order valence-electron chi connectivity index (χ0n) is 12.6. The monoisotopic (exact) mass is 330 g/mol. The molecule has 5 nitrogen and oxygen atoms in total. The molecule has 0 saturated heterocycles. The van der Waals surface area contributed by atoms with E-state index in [0.717, 1.165) is 17.1 Å². The molecule has 0 fully saturated rings. The van der Waals surface area contributed by atoms with Crippen LogP contribution in [0.15, 0.2) is 6.07 Å². The van der Waals surface area contributed by atoms with E-state index in [2.05, 4.69) is 5.32 Å². The SMILES string of the molecule is CCOC(=O)c1cc(CC)sc1NC(=O)[C@H](N)CCSC. The Morgan fingerprint density at radius 2 is 2.19 bits per heavy atom. The lowest BCUT2D eigenvalue weighted by molar-refractivity contribution is -0.117. The van der Waals surface area contributed by atoms with Crippen LogP contribution in [0.3, 0.4) is 0 Å². The van der Waals surface area contributed by atoms with Gasteiger partial charge in [0.1, 0.15) is 5.00 Å². The Kier molecular flexibility index (Phi) is 7.77. The van der Waals surface area contributed by atoms with Crippen molar-refractivity contribution in [3.05, 3.63) is 16.5 Å². The summed E-state index contributed by atoms with van der Waals surface area (Å²) in [4.78, 5) is 25.0. The van der Waals surface area contributed by atoms with Crippen molar-refractivity contribution >= 4 is 40.0 Å². The number of carbonyl (C=O) groups is 2. The lowest BCUT2D eigenvalue weighted by atomic mass is 10.2. The summed E-state index contributed by atoms with van der Waals surface area (Å²) in [5.74, 6) is 0.143. The first-order valence-electron chi connectivity index (χ1n) is 6.88. The maximum Gasteiger partial charge on any atom is 0.341 e. The molecule has 0 aromatic carbocycles. The number of carbonyl (C=O) groups excluding carboxylic acids is 2. The van der Waals surface area contributed by atoms with Crippen LogP contribution in [0.1, 0.15) is 35.5 Å². The molecule has 0 radical (unpaired) electrons. The van der Waals surface area contributed by atoms with Gasteiger partial charge in [-0.15, -0.1) is 11.3 Å². The molecule has 1 heterocycles. The molecule has 21 heavy (non-hydrogen) atoms. The van der Waals surface area contributed by atoms with Gasteiger partial charge in [0.2, 0.25) is 5.91 Å². The number of ether oxygens (including phenoxy) is 1. The highest BCUT2D eigenvalue weighted by atomic mass is 32.2. The Morgan fingerprint density at radius 3 is 2.76 bits per heavy atom. The highest BCUT2D eigenvalue weighted by molar-refractivity contribution is 7.98.